The molecule has 0 amide bonds. The molecular formula is C8H13F2. The van der Waals surface area contributed by atoms with Gasteiger partial charge >= 0.3 is 0 Å². The fraction of sp³-hybridized carbons (Fsp3) is 0.875. The first-order valence-electron chi connectivity index (χ1n) is 3.81. The Morgan fingerprint density at radius 3 is 2.20 bits per heavy atom. The molecule has 0 aromatic carbocycles. The predicted molar refractivity (Wildman–Crippen MR) is 36.9 cm³/mol. The summed E-state index contributed by atoms with van der Waals surface area (Å²) in [6.45, 7) is 1.95. The van der Waals surface area contributed by atoms with Crippen LogP contribution in [0.3, 0.4) is 0 Å². The van der Waals surface area contributed by atoms with Gasteiger partial charge in [-0.3, -0.25) is 0 Å². The van der Waals surface area contributed by atoms with Gasteiger partial charge in [-0.25, -0.2) is 8.78 Å². The highest BCUT2D eigenvalue weighted by atomic mass is 19.3. The average Bonchev–Trinajstić information content (AvgIpc) is 1.88. The molecule has 59 valence electrons. The molecule has 1 saturated carbocycles. The lowest BCUT2D eigenvalue weighted by molar-refractivity contribution is -0.0424. The molecule has 0 heterocycles. The van der Waals surface area contributed by atoms with Crippen LogP contribution >= 0.6 is 0 Å². The molecule has 1 fully saturated rings. The standard InChI is InChI=1S/C8H13F2/c1-2-7-3-5-8(9,10)6-4-7/h2,7H,3-6H2,1H3. The first-order chi connectivity index (χ1) is 4.64. The minimum atomic E-state index is -2.36. The quantitative estimate of drug-likeness (QED) is 0.534. The Morgan fingerprint density at radius 2 is 1.80 bits per heavy atom. The van der Waals surface area contributed by atoms with Crippen molar-refractivity contribution in [1.82, 2.24) is 0 Å². The monoisotopic (exact) mass is 147 g/mol. The molecule has 0 aromatic rings. The number of hydrogen-bond donors (Lipinski definition) is 0. The van der Waals surface area contributed by atoms with E-state index in [1.807, 2.05) is 13.3 Å². The molecule has 0 N–H and O–H groups in total. The minimum absolute atomic E-state index is 0.0853. The maximum Gasteiger partial charge on any atom is 0.248 e. The summed E-state index contributed by atoms with van der Waals surface area (Å²) < 4.78 is 25.0. The van der Waals surface area contributed by atoms with E-state index in [0.717, 1.165) is 0 Å². The largest absolute Gasteiger partial charge is 0.248 e. The summed E-state index contributed by atoms with van der Waals surface area (Å²) in [4.78, 5) is 0. The summed E-state index contributed by atoms with van der Waals surface area (Å²) in [6.07, 6.45) is 3.55. The van der Waals surface area contributed by atoms with Gasteiger partial charge < -0.3 is 0 Å². The molecule has 2 heteroatoms. The highest BCUT2D eigenvalue weighted by Crippen LogP contribution is 2.36. The molecule has 1 aliphatic carbocycles. The lowest BCUT2D eigenvalue weighted by Gasteiger charge is -2.26. The molecule has 0 saturated heterocycles. The lowest BCUT2D eigenvalue weighted by Crippen LogP contribution is -2.24. The van der Waals surface area contributed by atoms with Gasteiger partial charge in [-0.05, 0) is 25.2 Å². The van der Waals surface area contributed by atoms with Gasteiger partial charge in [0.1, 0.15) is 0 Å². The van der Waals surface area contributed by atoms with Crippen molar-refractivity contribution in [3.8, 4) is 0 Å². The van der Waals surface area contributed by atoms with Crippen LogP contribution < -0.4 is 0 Å². The molecule has 0 aliphatic heterocycles. The third-order valence-corrected chi connectivity index (χ3v) is 2.23. The molecule has 0 bridgehead atoms. The Bertz CT molecular complexity index is 99.8. The van der Waals surface area contributed by atoms with Gasteiger partial charge in [-0.15, -0.1) is 0 Å². The van der Waals surface area contributed by atoms with E-state index in [1.165, 1.54) is 0 Å². The summed E-state index contributed by atoms with van der Waals surface area (Å²) in [5.41, 5.74) is 0. The van der Waals surface area contributed by atoms with Crippen LogP contribution in [0.1, 0.15) is 32.6 Å². The van der Waals surface area contributed by atoms with E-state index in [1.54, 1.807) is 0 Å². The van der Waals surface area contributed by atoms with Crippen LogP contribution in [0.15, 0.2) is 0 Å². The van der Waals surface area contributed by atoms with Crippen LogP contribution in [-0.2, 0) is 0 Å². The van der Waals surface area contributed by atoms with Crippen molar-refractivity contribution in [2.24, 2.45) is 5.92 Å². The van der Waals surface area contributed by atoms with Gasteiger partial charge in [0.05, 0.1) is 0 Å². The Hall–Kier alpha value is -0.140. The van der Waals surface area contributed by atoms with Crippen LogP contribution in [0.4, 0.5) is 8.78 Å². The Labute approximate surface area is 60.6 Å². The lowest BCUT2D eigenvalue weighted by atomic mass is 9.85. The fourth-order valence-electron chi connectivity index (χ4n) is 1.40. The van der Waals surface area contributed by atoms with Gasteiger partial charge in [0.25, 0.3) is 0 Å². The minimum Gasteiger partial charge on any atom is -0.207 e. The second kappa shape index (κ2) is 2.85. The summed E-state index contributed by atoms with van der Waals surface area (Å²) >= 11 is 0. The van der Waals surface area contributed by atoms with Crippen LogP contribution in [0, 0.1) is 12.3 Å². The van der Waals surface area contributed by atoms with E-state index >= 15 is 0 Å². The van der Waals surface area contributed by atoms with E-state index in [9.17, 15) is 8.78 Å². The van der Waals surface area contributed by atoms with E-state index in [0.29, 0.717) is 18.8 Å². The van der Waals surface area contributed by atoms with E-state index in [4.69, 9.17) is 0 Å². The molecule has 0 nitrogen and oxygen atoms in total. The van der Waals surface area contributed by atoms with Gasteiger partial charge in [0.2, 0.25) is 5.92 Å². The second-order valence-electron chi connectivity index (χ2n) is 3.03. The van der Waals surface area contributed by atoms with E-state index in [2.05, 4.69) is 0 Å². The first kappa shape index (κ1) is 7.96. The van der Waals surface area contributed by atoms with Gasteiger partial charge in [-0.1, -0.05) is 6.92 Å². The van der Waals surface area contributed by atoms with Crippen LogP contribution in [0.2, 0.25) is 0 Å². The molecule has 1 aliphatic rings. The maximum atomic E-state index is 12.5. The summed E-state index contributed by atoms with van der Waals surface area (Å²) in [5, 5.41) is 0. The average molecular weight is 147 g/mol. The second-order valence-corrected chi connectivity index (χ2v) is 3.03. The smallest absolute Gasteiger partial charge is 0.207 e. The Kier molecular flexibility index (Phi) is 2.27. The zero-order valence-electron chi connectivity index (χ0n) is 6.24. The molecular weight excluding hydrogens is 134 g/mol. The maximum absolute atomic E-state index is 12.5. The summed E-state index contributed by atoms with van der Waals surface area (Å²) in [5.74, 6) is -1.92. The van der Waals surface area contributed by atoms with Crippen molar-refractivity contribution in [2.75, 3.05) is 0 Å². The van der Waals surface area contributed by atoms with Crippen molar-refractivity contribution in [3.63, 3.8) is 0 Å². The third-order valence-electron chi connectivity index (χ3n) is 2.23. The van der Waals surface area contributed by atoms with Gasteiger partial charge in [0, 0.05) is 12.8 Å². The molecule has 0 atom stereocenters. The zero-order chi connectivity index (χ0) is 7.61. The first-order valence-corrected chi connectivity index (χ1v) is 3.81. The topological polar surface area (TPSA) is 0 Å². The predicted octanol–water partition coefficient (Wildman–Crippen LogP) is 3.04. The Balaban J connectivity index is 2.31. The molecule has 1 rings (SSSR count). The van der Waals surface area contributed by atoms with Crippen molar-refractivity contribution in [3.05, 3.63) is 6.42 Å². The fourth-order valence-corrected chi connectivity index (χ4v) is 1.40. The third kappa shape index (κ3) is 1.93. The van der Waals surface area contributed by atoms with E-state index < -0.39 is 5.92 Å². The van der Waals surface area contributed by atoms with Gasteiger partial charge in [0.15, 0.2) is 0 Å². The van der Waals surface area contributed by atoms with Crippen molar-refractivity contribution >= 4 is 0 Å². The Morgan fingerprint density at radius 1 is 1.30 bits per heavy atom. The number of hydrogen-bond acceptors (Lipinski definition) is 0. The molecule has 1 radical (unpaired) electrons. The molecule has 10 heavy (non-hydrogen) atoms. The summed E-state index contributed by atoms with van der Waals surface area (Å²) in [7, 11) is 0. The van der Waals surface area contributed by atoms with Gasteiger partial charge in [-0.2, -0.15) is 0 Å². The molecule has 0 unspecified atom stereocenters. The summed E-state index contributed by atoms with van der Waals surface area (Å²) in [6, 6.07) is 0. The number of alkyl halides is 2. The van der Waals surface area contributed by atoms with Crippen molar-refractivity contribution in [1.29, 1.82) is 0 Å². The van der Waals surface area contributed by atoms with Crippen LogP contribution in [-0.4, -0.2) is 5.92 Å². The molecule has 0 spiro atoms. The molecule has 0 aromatic heterocycles. The van der Waals surface area contributed by atoms with E-state index in [-0.39, 0.29) is 12.8 Å². The normalized spacial score (nSPS) is 26.7. The van der Waals surface area contributed by atoms with Crippen LogP contribution in [0.5, 0.6) is 0 Å². The highest BCUT2D eigenvalue weighted by molar-refractivity contribution is 4.82. The van der Waals surface area contributed by atoms with Crippen LogP contribution in [0.25, 0.3) is 0 Å². The zero-order valence-corrected chi connectivity index (χ0v) is 6.24. The van der Waals surface area contributed by atoms with Crippen molar-refractivity contribution < 1.29 is 8.78 Å². The number of halogens is 2. The van der Waals surface area contributed by atoms with Crippen molar-refractivity contribution in [2.45, 2.75) is 38.5 Å². The SMILES string of the molecule is C[CH]C1CCC(F)(F)CC1. The number of rotatable bonds is 1. The highest BCUT2D eigenvalue weighted by Gasteiger charge is 2.33.